The molecule has 0 aliphatic heterocycles. The lowest BCUT2D eigenvalue weighted by atomic mass is 10.1. The molecule has 5 nitrogen and oxygen atoms in total. The molecule has 0 aliphatic carbocycles. The molecular weight excluding hydrogens is 316 g/mol. The van der Waals surface area contributed by atoms with Gasteiger partial charge in [-0.2, -0.15) is 0 Å². The van der Waals surface area contributed by atoms with E-state index in [1.807, 2.05) is 48.5 Å². The fourth-order valence-electron chi connectivity index (χ4n) is 2.71. The molecule has 2 aromatic carbocycles. The summed E-state index contributed by atoms with van der Waals surface area (Å²) in [6.07, 6.45) is 0. The Hall–Kier alpha value is -3.08. The Labute approximate surface area is 146 Å². The summed E-state index contributed by atoms with van der Waals surface area (Å²) in [6, 6.07) is 17.0. The number of aromatic nitrogens is 1. The minimum absolute atomic E-state index is 0.125. The molecule has 0 saturated carbocycles. The van der Waals surface area contributed by atoms with Gasteiger partial charge in [-0.05, 0) is 29.8 Å². The van der Waals surface area contributed by atoms with Gasteiger partial charge in [-0.3, -0.25) is 4.79 Å². The highest BCUT2D eigenvalue weighted by Crippen LogP contribution is 2.28. The van der Waals surface area contributed by atoms with Crippen LogP contribution >= 0.6 is 0 Å². The fourth-order valence-corrected chi connectivity index (χ4v) is 2.71. The highest BCUT2D eigenvalue weighted by Gasteiger charge is 2.15. The average molecular weight is 336 g/mol. The van der Waals surface area contributed by atoms with Gasteiger partial charge in [-0.1, -0.05) is 30.3 Å². The lowest BCUT2D eigenvalue weighted by Gasteiger charge is -2.18. The Kier molecular flexibility index (Phi) is 4.84. The van der Waals surface area contributed by atoms with Crippen molar-refractivity contribution in [1.29, 1.82) is 0 Å². The van der Waals surface area contributed by atoms with E-state index in [1.54, 1.807) is 32.2 Å². The molecule has 0 N–H and O–H groups in total. The number of ether oxygens (including phenoxy) is 2. The normalized spacial score (nSPS) is 10.5. The van der Waals surface area contributed by atoms with E-state index in [2.05, 4.69) is 4.98 Å². The van der Waals surface area contributed by atoms with E-state index in [0.717, 1.165) is 16.5 Å². The first-order valence-corrected chi connectivity index (χ1v) is 7.94. The molecule has 128 valence electrons. The van der Waals surface area contributed by atoms with Crippen LogP contribution in [0, 0.1) is 0 Å². The van der Waals surface area contributed by atoms with Crippen molar-refractivity contribution in [2.75, 3.05) is 21.3 Å². The summed E-state index contributed by atoms with van der Waals surface area (Å²) in [4.78, 5) is 18.8. The maximum atomic E-state index is 12.7. The second kappa shape index (κ2) is 7.21. The molecule has 3 aromatic rings. The zero-order valence-electron chi connectivity index (χ0n) is 14.5. The molecular formula is C20H20N2O3. The standard InChI is InChI=1S/C20H20N2O3/c1-22(13-14-8-11-18(24-2)19(12-14)25-3)20(23)17-10-9-15-6-4-5-7-16(15)21-17/h4-12H,13H2,1-3H3. The molecule has 1 aromatic heterocycles. The lowest BCUT2D eigenvalue weighted by molar-refractivity contribution is 0.0779. The summed E-state index contributed by atoms with van der Waals surface area (Å²) < 4.78 is 10.5. The van der Waals surface area contributed by atoms with Crippen molar-refractivity contribution < 1.29 is 14.3 Å². The third kappa shape index (κ3) is 3.55. The van der Waals surface area contributed by atoms with Gasteiger partial charge in [-0.25, -0.2) is 4.98 Å². The molecule has 1 amide bonds. The number of hydrogen-bond donors (Lipinski definition) is 0. The maximum Gasteiger partial charge on any atom is 0.272 e. The van der Waals surface area contributed by atoms with Gasteiger partial charge in [0.2, 0.25) is 0 Å². The fraction of sp³-hybridized carbons (Fsp3) is 0.200. The van der Waals surface area contributed by atoms with Crippen molar-refractivity contribution in [1.82, 2.24) is 9.88 Å². The molecule has 0 spiro atoms. The molecule has 0 aliphatic rings. The maximum absolute atomic E-state index is 12.7. The number of pyridine rings is 1. The molecule has 0 radical (unpaired) electrons. The number of para-hydroxylation sites is 1. The first kappa shape index (κ1) is 16.8. The van der Waals surface area contributed by atoms with Crippen molar-refractivity contribution in [3.05, 3.63) is 65.9 Å². The van der Waals surface area contributed by atoms with Gasteiger partial charge < -0.3 is 14.4 Å². The van der Waals surface area contributed by atoms with Crippen molar-refractivity contribution in [3.63, 3.8) is 0 Å². The van der Waals surface area contributed by atoms with E-state index in [1.165, 1.54) is 0 Å². The van der Waals surface area contributed by atoms with E-state index in [-0.39, 0.29) is 5.91 Å². The minimum Gasteiger partial charge on any atom is -0.493 e. The van der Waals surface area contributed by atoms with E-state index >= 15 is 0 Å². The van der Waals surface area contributed by atoms with Crippen LogP contribution in [0.5, 0.6) is 11.5 Å². The number of carbonyl (C=O) groups is 1. The number of fused-ring (bicyclic) bond motifs is 1. The van der Waals surface area contributed by atoms with E-state index in [9.17, 15) is 4.79 Å². The van der Waals surface area contributed by atoms with Gasteiger partial charge in [0.05, 0.1) is 19.7 Å². The summed E-state index contributed by atoms with van der Waals surface area (Å²) in [6.45, 7) is 0.452. The van der Waals surface area contributed by atoms with Crippen LogP contribution in [0.2, 0.25) is 0 Å². The van der Waals surface area contributed by atoms with Crippen LogP contribution in [0.1, 0.15) is 16.1 Å². The Bertz CT molecular complexity index is 908. The SMILES string of the molecule is COc1ccc(CN(C)C(=O)c2ccc3ccccc3n2)cc1OC. The summed E-state index contributed by atoms with van der Waals surface area (Å²) >= 11 is 0. The quantitative estimate of drug-likeness (QED) is 0.715. The number of rotatable bonds is 5. The Morgan fingerprint density at radius 1 is 1.00 bits per heavy atom. The van der Waals surface area contributed by atoms with E-state index in [4.69, 9.17) is 9.47 Å². The minimum atomic E-state index is -0.125. The van der Waals surface area contributed by atoms with Crippen LogP contribution in [0.4, 0.5) is 0 Å². The third-order valence-corrected chi connectivity index (χ3v) is 4.03. The molecule has 0 bridgehead atoms. The number of carbonyl (C=O) groups excluding carboxylic acids is 1. The largest absolute Gasteiger partial charge is 0.493 e. The first-order valence-electron chi connectivity index (χ1n) is 7.94. The van der Waals surface area contributed by atoms with Crippen molar-refractivity contribution in [2.24, 2.45) is 0 Å². The molecule has 0 unspecified atom stereocenters. The smallest absolute Gasteiger partial charge is 0.272 e. The van der Waals surface area contributed by atoms with Crippen molar-refractivity contribution in [3.8, 4) is 11.5 Å². The third-order valence-electron chi connectivity index (χ3n) is 4.03. The Morgan fingerprint density at radius 3 is 2.52 bits per heavy atom. The molecule has 0 atom stereocenters. The Morgan fingerprint density at radius 2 is 1.76 bits per heavy atom. The second-order valence-electron chi connectivity index (χ2n) is 5.74. The van der Waals surface area contributed by atoms with Crippen LogP contribution in [-0.4, -0.2) is 37.1 Å². The van der Waals surface area contributed by atoms with Crippen molar-refractivity contribution >= 4 is 16.8 Å². The summed E-state index contributed by atoms with van der Waals surface area (Å²) in [5.41, 5.74) is 2.20. The van der Waals surface area contributed by atoms with Crippen LogP contribution in [0.15, 0.2) is 54.6 Å². The first-order chi connectivity index (χ1) is 12.1. The van der Waals surface area contributed by atoms with Crippen LogP contribution in [-0.2, 0) is 6.54 Å². The monoisotopic (exact) mass is 336 g/mol. The average Bonchev–Trinajstić information content (AvgIpc) is 2.66. The molecule has 3 rings (SSSR count). The van der Waals surface area contributed by atoms with Gasteiger partial charge in [-0.15, -0.1) is 0 Å². The predicted molar refractivity (Wildman–Crippen MR) is 97.1 cm³/mol. The number of methoxy groups -OCH3 is 2. The molecule has 0 saturated heterocycles. The topological polar surface area (TPSA) is 51.7 Å². The van der Waals surface area contributed by atoms with Crippen LogP contribution in [0.3, 0.4) is 0 Å². The Balaban J connectivity index is 1.79. The second-order valence-corrected chi connectivity index (χ2v) is 5.74. The molecule has 0 fully saturated rings. The van der Waals surface area contributed by atoms with E-state index in [0.29, 0.717) is 23.7 Å². The van der Waals surface area contributed by atoms with Gasteiger partial charge in [0.15, 0.2) is 11.5 Å². The van der Waals surface area contributed by atoms with Gasteiger partial charge in [0.25, 0.3) is 5.91 Å². The number of hydrogen-bond acceptors (Lipinski definition) is 4. The number of amides is 1. The summed E-state index contributed by atoms with van der Waals surface area (Å²) in [5.74, 6) is 1.18. The van der Waals surface area contributed by atoms with Crippen LogP contribution < -0.4 is 9.47 Å². The molecule has 25 heavy (non-hydrogen) atoms. The lowest BCUT2D eigenvalue weighted by Crippen LogP contribution is -2.27. The van der Waals surface area contributed by atoms with E-state index < -0.39 is 0 Å². The van der Waals surface area contributed by atoms with Gasteiger partial charge in [0, 0.05) is 19.0 Å². The molecule has 5 heteroatoms. The highest BCUT2D eigenvalue weighted by atomic mass is 16.5. The predicted octanol–water partition coefficient (Wildman–Crippen LogP) is 3.52. The van der Waals surface area contributed by atoms with Gasteiger partial charge >= 0.3 is 0 Å². The number of benzene rings is 2. The zero-order valence-corrected chi connectivity index (χ0v) is 14.5. The zero-order chi connectivity index (χ0) is 17.8. The summed E-state index contributed by atoms with van der Waals surface area (Å²) in [7, 11) is 4.95. The highest BCUT2D eigenvalue weighted by molar-refractivity contribution is 5.94. The van der Waals surface area contributed by atoms with Gasteiger partial charge in [0.1, 0.15) is 5.69 Å². The summed E-state index contributed by atoms with van der Waals surface area (Å²) in [5, 5.41) is 1.02. The van der Waals surface area contributed by atoms with Crippen LogP contribution in [0.25, 0.3) is 10.9 Å². The van der Waals surface area contributed by atoms with Crippen molar-refractivity contribution in [2.45, 2.75) is 6.54 Å². The molecule has 1 heterocycles. The number of nitrogens with zero attached hydrogens (tertiary/aromatic N) is 2.